The predicted molar refractivity (Wildman–Crippen MR) is 238 cm³/mol. The van der Waals surface area contributed by atoms with Gasteiger partial charge in [0.2, 0.25) is 11.8 Å². The van der Waals surface area contributed by atoms with Crippen LogP contribution >= 0.6 is 0 Å². The fourth-order valence-electron chi connectivity index (χ4n) is 9.04. The van der Waals surface area contributed by atoms with Crippen LogP contribution in [0, 0.1) is 17.3 Å². The van der Waals surface area contributed by atoms with Crippen LogP contribution in [0.1, 0.15) is 64.3 Å². The average molecular weight is 848 g/mol. The number of aryl methyl sites for hydroxylation is 1. The number of benzene rings is 2. The number of likely N-dealkylation sites (tertiary alicyclic amines) is 1. The van der Waals surface area contributed by atoms with Gasteiger partial charge in [0.15, 0.2) is 0 Å². The first kappa shape index (κ1) is 44.5. The number of nitrogens with one attached hydrogen (secondary N) is 3. The van der Waals surface area contributed by atoms with Gasteiger partial charge >= 0.3 is 5.97 Å². The Balaban J connectivity index is 1.28. The molecule has 3 aliphatic rings. The number of nitrogens with zero attached hydrogens (tertiary/aromatic N) is 4. The molecule has 2 saturated heterocycles. The summed E-state index contributed by atoms with van der Waals surface area (Å²) >= 11 is 0. The number of hydrogen-bond acceptors (Lipinski definition) is 10. The van der Waals surface area contributed by atoms with Crippen LogP contribution in [0.2, 0.25) is 0 Å². The second kappa shape index (κ2) is 18.8. The summed E-state index contributed by atoms with van der Waals surface area (Å²) in [6.07, 6.45) is 4.76. The average Bonchev–Trinajstić information content (AvgIpc) is 3.53. The van der Waals surface area contributed by atoms with Gasteiger partial charge in [-0.1, -0.05) is 46.4 Å². The van der Waals surface area contributed by atoms with Crippen LogP contribution in [-0.2, 0) is 54.6 Å². The van der Waals surface area contributed by atoms with Gasteiger partial charge in [-0.15, -0.1) is 0 Å². The highest BCUT2D eigenvalue weighted by Crippen LogP contribution is 2.41. The molecule has 14 nitrogen and oxygen atoms in total. The molecule has 1 unspecified atom stereocenters. The Morgan fingerprint density at radius 2 is 1.92 bits per heavy atom. The summed E-state index contributed by atoms with van der Waals surface area (Å²) in [5.74, 6) is -1.78. The summed E-state index contributed by atoms with van der Waals surface area (Å²) < 4.78 is 14.0. The molecular weight excluding hydrogens is 787 g/mol. The third-order valence-electron chi connectivity index (χ3n) is 12.4. The van der Waals surface area contributed by atoms with Crippen molar-refractivity contribution in [2.24, 2.45) is 17.3 Å². The summed E-state index contributed by atoms with van der Waals surface area (Å²) in [5, 5.41) is 20.2. The third-order valence-corrected chi connectivity index (χ3v) is 12.4. The molecule has 62 heavy (non-hydrogen) atoms. The monoisotopic (exact) mass is 847 g/mol. The van der Waals surface area contributed by atoms with E-state index in [1.54, 1.807) is 30.3 Å². The van der Waals surface area contributed by atoms with E-state index in [-0.39, 0.29) is 42.6 Å². The van der Waals surface area contributed by atoms with Gasteiger partial charge in [0, 0.05) is 80.4 Å². The minimum absolute atomic E-state index is 0.0323. The van der Waals surface area contributed by atoms with E-state index in [1.165, 1.54) is 11.1 Å². The van der Waals surface area contributed by atoms with E-state index in [2.05, 4.69) is 66.2 Å². The molecule has 5 heterocycles. The third kappa shape index (κ3) is 9.57. The number of hydrogen-bond donors (Lipinski definition) is 4. The van der Waals surface area contributed by atoms with Gasteiger partial charge in [-0.05, 0) is 96.8 Å². The van der Waals surface area contributed by atoms with Crippen LogP contribution in [0.3, 0.4) is 0 Å². The molecule has 0 aliphatic carbocycles. The predicted octanol–water partition coefficient (Wildman–Crippen LogP) is 5.15. The maximum atomic E-state index is 14.6. The molecule has 2 aromatic heterocycles. The Kier molecular flexibility index (Phi) is 13.5. The molecule has 2 aromatic carbocycles. The molecule has 14 heteroatoms. The van der Waals surface area contributed by atoms with Crippen molar-refractivity contribution in [1.29, 1.82) is 0 Å². The van der Waals surface area contributed by atoms with Gasteiger partial charge < -0.3 is 34.7 Å². The van der Waals surface area contributed by atoms with Gasteiger partial charge in [-0.3, -0.25) is 29.2 Å². The highest BCUT2D eigenvalue weighted by Gasteiger charge is 2.37. The molecule has 7 rings (SSSR count). The number of phenolic OH excluding ortho intramolecular Hbond substituents is 1. The second-order valence-electron chi connectivity index (χ2n) is 18.1. The quantitative estimate of drug-likeness (QED) is 0.117. The van der Waals surface area contributed by atoms with Crippen LogP contribution in [0.15, 0.2) is 67.4 Å². The molecule has 0 radical (unpaired) electrons. The van der Waals surface area contributed by atoms with Crippen LogP contribution in [0.4, 0.5) is 0 Å². The number of ether oxygens (including phenoxy) is 2. The Hall–Kier alpha value is -5.57. The summed E-state index contributed by atoms with van der Waals surface area (Å²) in [6.45, 7) is 16.7. The lowest BCUT2D eigenvalue weighted by Gasteiger charge is -2.40. The number of phenols is 1. The lowest BCUT2D eigenvalue weighted by atomic mass is 9.84. The smallest absolute Gasteiger partial charge is 0.324 e. The van der Waals surface area contributed by atoms with Crippen LogP contribution < -0.4 is 16.1 Å². The highest BCUT2D eigenvalue weighted by atomic mass is 16.5. The fourth-order valence-corrected chi connectivity index (χ4v) is 9.04. The van der Waals surface area contributed by atoms with Gasteiger partial charge in [0.1, 0.15) is 17.8 Å². The molecule has 330 valence electrons. The zero-order valence-corrected chi connectivity index (χ0v) is 36.8. The molecule has 3 aliphatic heterocycles. The van der Waals surface area contributed by atoms with Crippen molar-refractivity contribution in [2.45, 2.75) is 91.6 Å². The summed E-state index contributed by atoms with van der Waals surface area (Å²) in [6, 6.07) is 13.9. The Morgan fingerprint density at radius 1 is 1.13 bits per heavy atom. The first-order chi connectivity index (χ1) is 29.7. The van der Waals surface area contributed by atoms with Crippen molar-refractivity contribution in [2.75, 3.05) is 39.9 Å². The van der Waals surface area contributed by atoms with Crippen LogP contribution in [0.5, 0.6) is 5.75 Å². The number of cyclic esters (lactones) is 1. The van der Waals surface area contributed by atoms with E-state index >= 15 is 0 Å². The lowest BCUT2D eigenvalue weighted by Crippen LogP contribution is -2.62. The molecule has 3 amide bonds. The second-order valence-corrected chi connectivity index (χ2v) is 18.1. The van der Waals surface area contributed by atoms with Gasteiger partial charge in [0.25, 0.3) is 5.91 Å². The fraction of sp³-hybridized carbons (Fsp3) is 0.479. The van der Waals surface area contributed by atoms with Crippen molar-refractivity contribution in [3.05, 3.63) is 84.2 Å². The number of aromatic hydroxyl groups is 1. The number of carbonyl (C=O) groups excluding carboxylic acids is 4. The highest BCUT2D eigenvalue weighted by molar-refractivity contribution is 5.95. The molecule has 4 N–H and O–H groups in total. The minimum Gasteiger partial charge on any atom is -0.508 e. The standard InChI is InChI=1S/C48H61N7O7/c1-8-43(57)53-25-33(26-53)50-24-38(29(3)4)45(58)51-40-20-30-18-32(21-34(56)19-30)31-14-15-42-36(22-31)37(44(54(42)9-2)35-12-10-16-49-41(35)27-61-7)23-48(5,6)28-62-47(60)39-13-11-17-55(52-39)46(40)59/h8,10,12,14-16,18-19,21-22,29,33,38-40,50,52,56H,1,9,11,13,17,20,23-28H2,2-7H3,(H,51,58)/t38?,39-,40-/m0/s1. The molecular formula is C48H61N7O7. The molecule has 0 spiro atoms. The number of amides is 3. The molecule has 6 bridgehead atoms. The number of aromatic nitrogens is 2. The maximum absolute atomic E-state index is 14.6. The molecule has 4 aromatic rings. The molecule has 3 atom stereocenters. The van der Waals surface area contributed by atoms with E-state index in [9.17, 15) is 24.3 Å². The first-order valence-corrected chi connectivity index (χ1v) is 21.8. The van der Waals surface area contributed by atoms with E-state index in [1.807, 2.05) is 32.0 Å². The molecule has 0 saturated carbocycles. The summed E-state index contributed by atoms with van der Waals surface area (Å²) in [4.78, 5) is 61.0. The van der Waals surface area contributed by atoms with E-state index in [4.69, 9.17) is 14.5 Å². The summed E-state index contributed by atoms with van der Waals surface area (Å²) in [7, 11) is 1.66. The number of fused-ring (bicyclic) bond motifs is 6. The van der Waals surface area contributed by atoms with Gasteiger partial charge in [-0.25, -0.2) is 5.43 Å². The number of hydrazine groups is 1. The van der Waals surface area contributed by atoms with Crippen molar-refractivity contribution >= 4 is 34.6 Å². The number of pyridine rings is 1. The Morgan fingerprint density at radius 3 is 2.65 bits per heavy atom. The van der Waals surface area contributed by atoms with E-state index in [0.717, 1.165) is 44.5 Å². The number of carbonyl (C=O) groups is 4. The number of methoxy groups -OCH3 is 1. The molecule has 2 fully saturated rings. The minimum atomic E-state index is -1.03. The topological polar surface area (TPSA) is 167 Å². The van der Waals surface area contributed by atoms with Crippen molar-refractivity contribution < 1.29 is 33.8 Å². The normalized spacial score (nSPS) is 20.0. The van der Waals surface area contributed by atoms with Gasteiger partial charge in [-0.2, -0.15) is 0 Å². The number of rotatable bonds is 11. The van der Waals surface area contributed by atoms with Crippen molar-refractivity contribution in [3.63, 3.8) is 0 Å². The largest absolute Gasteiger partial charge is 0.508 e. The SMILES string of the molecule is C=CC(=O)N1CC(NCC(C(=O)N[C@H]2Cc3cc(O)cc(c3)-c3ccc4c(c3)c(c(-c3cccnc3COC)n4CC)CC(C)(C)COC(=O)[C@@H]3CCCN(N3)C2=O)C(C)C)C1. The zero-order chi connectivity index (χ0) is 44.3. The summed E-state index contributed by atoms with van der Waals surface area (Å²) in [5.41, 5.74) is 9.84. The maximum Gasteiger partial charge on any atom is 0.324 e. The van der Waals surface area contributed by atoms with E-state index < -0.39 is 35.3 Å². The van der Waals surface area contributed by atoms with E-state index in [0.29, 0.717) is 64.2 Å². The zero-order valence-electron chi connectivity index (χ0n) is 36.8. The van der Waals surface area contributed by atoms with Crippen molar-refractivity contribution in [3.8, 4) is 28.1 Å². The Bertz CT molecular complexity index is 2330. The van der Waals surface area contributed by atoms with Crippen molar-refractivity contribution in [1.82, 2.24) is 35.5 Å². The lowest BCUT2D eigenvalue weighted by molar-refractivity contribution is -0.155. The number of esters is 1. The van der Waals surface area contributed by atoms with Crippen LogP contribution in [0.25, 0.3) is 33.3 Å². The van der Waals surface area contributed by atoms with Crippen LogP contribution in [-0.4, -0.2) is 106 Å². The van der Waals surface area contributed by atoms with Gasteiger partial charge in [0.05, 0.1) is 30.5 Å². The Labute approximate surface area is 364 Å². The first-order valence-electron chi connectivity index (χ1n) is 21.8.